The lowest BCUT2D eigenvalue weighted by Gasteiger charge is -1.97. The first-order valence-electron chi connectivity index (χ1n) is 7.70. The summed E-state index contributed by atoms with van der Waals surface area (Å²) in [5, 5.41) is 22.3. The zero-order chi connectivity index (χ0) is 18.2. The van der Waals surface area contributed by atoms with Gasteiger partial charge in [0.05, 0.1) is 25.0 Å². The SMILES string of the molecule is CC[NH2+]c1ccccc1.CC[NH2+]c1ccccc1.O=C([O-])C(=O)[O-]. The topological polar surface area (TPSA) is 113 Å². The first-order valence-corrected chi connectivity index (χ1v) is 7.70. The molecule has 2 rings (SSSR count). The van der Waals surface area contributed by atoms with Crippen molar-refractivity contribution in [3.63, 3.8) is 0 Å². The number of aliphatic carboxylic acids is 2. The highest BCUT2D eigenvalue weighted by Crippen LogP contribution is 1.95. The normalized spacial score (nSPS) is 8.92. The van der Waals surface area contributed by atoms with Crippen molar-refractivity contribution < 1.29 is 30.4 Å². The molecule has 130 valence electrons. The van der Waals surface area contributed by atoms with Crippen LogP contribution < -0.4 is 20.8 Å². The Morgan fingerprint density at radius 3 is 1.21 bits per heavy atom. The van der Waals surface area contributed by atoms with Crippen molar-refractivity contribution >= 4 is 23.3 Å². The van der Waals surface area contributed by atoms with Crippen LogP contribution in [0.1, 0.15) is 13.8 Å². The third-order valence-electron chi connectivity index (χ3n) is 2.65. The number of hydrogen-bond donors (Lipinski definition) is 2. The van der Waals surface area contributed by atoms with Crippen LogP contribution in [0.5, 0.6) is 0 Å². The molecule has 0 spiro atoms. The first-order chi connectivity index (χ1) is 11.5. The molecule has 0 aliphatic rings. The van der Waals surface area contributed by atoms with E-state index < -0.39 is 11.9 Å². The van der Waals surface area contributed by atoms with Crippen LogP contribution in [0.2, 0.25) is 0 Å². The molecule has 0 atom stereocenters. The van der Waals surface area contributed by atoms with Gasteiger partial charge in [-0.25, -0.2) is 0 Å². The van der Waals surface area contributed by atoms with Crippen molar-refractivity contribution in [1.29, 1.82) is 0 Å². The van der Waals surface area contributed by atoms with Crippen molar-refractivity contribution in [1.82, 2.24) is 0 Å². The van der Waals surface area contributed by atoms with Crippen LogP contribution in [0.15, 0.2) is 60.7 Å². The van der Waals surface area contributed by atoms with Gasteiger partial charge < -0.3 is 30.4 Å². The zero-order valence-electron chi connectivity index (χ0n) is 14.0. The van der Waals surface area contributed by atoms with Gasteiger partial charge in [-0.1, -0.05) is 36.4 Å². The number of benzene rings is 2. The molecule has 6 heteroatoms. The molecule has 0 bridgehead atoms. The summed E-state index contributed by atoms with van der Waals surface area (Å²) in [6.45, 7) is 6.52. The number of nitrogens with two attached hydrogens (primary N) is 2. The first kappa shape index (κ1) is 21.3. The van der Waals surface area contributed by atoms with E-state index >= 15 is 0 Å². The number of hydrogen-bond acceptors (Lipinski definition) is 4. The van der Waals surface area contributed by atoms with Gasteiger partial charge in [-0.15, -0.1) is 0 Å². The van der Waals surface area contributed by atoms with E-state index in [1.54, 1.807) is 0 Å². The predicted molar refractivity (Wildman–Crippen MR) is 87.2 cm³/mol. The van der Waals surface area contributed by atoms with E-state index in [2.05, 4.69) is 73.0 Å². The molecule has 24 heavy (non-hydrogen) atoms. The third-order valence-corrected chi connectivity index (χ3v) is 2.65. The minimum absolute atomic E-state index is 1.12. The third kappa shape index (κ3) is 11.9. The Morgan fingerprint density at radius 2 is 1.00 bits per heavy atom. The molecule has 0 heterocycles. The van der Waals surface area contributed by atoms with Crippen LogP contribution in [-0.2, 0) is 9.59 Å². The molecular formula is C18H24N2O4. The zero-order valence-corrected chi connectivity index (χ0v) is 14.0. The number of para-hydroxylation sites is 2. The summed E-state index contributed by atoms with van der Waals surface area (Å²) in [6.07, 6.45) is 0. The average Bonchev–Trinajstić information content (AvgIpc) is 2.58. The summed E-state index contributed by atoms with van der Waals surface area (Å²) >= 11 is 0. The van der Waals surface area contributed by atoms with E-state index in [0.717, 1.165) is 13.1 Å². The molecule has 0 unspecified atom stereocenters. The predicted octanol–water partition coefficient (Wildman–Crippen LogP) is -1.71. The van der Waals surface area contributed by atoms with E-state index in [1.165, 1.54) is 11.4 Å². The largest absolute Gasteiger partial charge is 0.543 e. The highest BCUT2D eigenvalue weighted by atomic mass is 16.4. The van der Waals surface area contributed by atoms with Gasteiger partial charge in [0.25, 0.3) is 0 Å². The molecule has 2 aromatic rings. The van der Waals surface area contributed by atoms with Gasteiger partial charge in [0.15, 0.2) is 0 Å². The van der Waals surface area contributed by atoms with Crippen molar-refractivity contribution in [2.75, 3.05) is 13.1 Å². The highest BCUT2D eigenvalue weighted by Gasteiger charge is 1.88. The highest BCUT2D eigenvalue weighted by molar-refractivity contribution is 6.25. The van der Waals surface area contributed by atoms with Gasteiger partial charge in [-0.2, -0.15) is 0 Å². The summed E-state index contributed by atoms with van der Waals surface area (Å²) in [7, 11) is 0. The van der Waals surface area contributed by atoms with Crippen LogP contribution in [-0.4, -0.2) is 25.0 Å². The Balaban J connectivity index is 0.000000340. The molecule has 0 fully saturated rings. The van der Waals surface area contributed by atoms with E-state index in [1.807, 2.05) is 12.1 Å². The monoisotopic (exact) mass is 332 g/mol. The Kier molecular flexibility index (Phi) is 12.4. The molecular weight excluding hydrogens is 308 g/mol. The molecule has 0 amide bonds. The van der Waals surface area contributed by atoms with E-state index in [-0.39, 0.29) is 0 Å². The van der Waals surface area contributed by atoms with Crippen LogP contribution in [0.25, 0.3) is 0 Å². The second-order valence-corrected chi connectivity index (χ2v) is 4.62. The van der Waals surface area contributed by atoms with Gasteiger partial charge in [0.2, 0.25) is 0 Å². The van der Waals surface area contributed by atoms with Crippen molar-refractivity contribution in [3.05, 3.63) is 60.7 Å². The van der Waals surface area contributed by atoms with Gasteiger partial charge in [-0.3, -0.25) is 0 Å². The van der Waals surface area contributed by atoms with Crippen LogP contribution in [0.3, 0.4) is 0 Å². The quantitative estimate of drug-likeness (QED) is 0.512. The molecule has 6 nitrogen and oxygen atoms in total. The molecule has 0 aliphatic heterocycles. The molecule has 0 aromatic heterocycles. The second kappa shape index (κ2) is 13.9. The molecule has 0 aliphatic carbocycles. The Morgan fingerprint density at radius 1 is 0.708 bits per heavy atom. The van der Waals surface area contributed by atoms with Crippen LogP contribution >= 0.6 is 0 Å². The molecule has 2 aromatic carbocycles. The lowest BCUT2D eigenvalue weighted by molar-refractivity contribution is -0.568. The maximum absolute atomic E-state index is 8.93. The maximum Gasteiger partial charge on any atom is 0.129 e. The van der Waals surface area contributed by atoms with Crippen molar-refractivity contribution in [3.8, 4) is 0 Å². The molecule has 0 saturated heterocycles. The fourth-order valence-electron chi connectivity index (χ4n) is 1.65. The number of rotatable bonds is 4. The second-order valence-electron chi connectivity index (χ2n) is 4.62. The van der Waals surface area contributed by atoms with E-state index in [9.17, 15) is 0 Å². The standard InChI is InChI=1S/2C8H11N.C2H2O4/c2*1-2-9-8-6-4-3-5-7-8;3-1(4)2(5)6/h2*3-7,9H,2H2,1H3;(H,3,4)(H,5,6). The minimum Gasteiger partial charge on any atom is -0.543 e. The fourth-order valence-corrected chi connectivity index (χ4v) is 1.65. The molecule has 4 N–H and O–H groups in total. The smallest absolute Gasteiger partial charge is 0.129 e. The van der Waals surface area contributed by atoms with E-state index in [0.29, 0.717) is 0 Å². The fraction of sp³-hybridized carbons (Fsp3) is 0.222. The van der Waals surface area contributed by atoms with Crippen LogP contribution in [0, 0.1) is 0 Å². The summed E-state index contributed by atoms with van der Waals surface area (Å²) in [4.78, 5) is 17.9. The minimum atomic E-state index is -2.19. The Hall–Kier alpha value is -2.70. The van der Waals surface area contributed by atoms with Crippen molar-refractivity contribution in [2.45, 2.75) is 13.8 Å². The summed E-state index contributed by atoms with van der Waals surface area (Å²) in [5.41, 5.74) is 2.64. The summed E-state index contributed by atoms with van der Waals surface area (Å²) < 4.78 is 0. The number of carbonyl (C=O) groups excluding carboxylic acids is 2. The average molecular weight is 332 g/mol. The van der Waals surface area contributed by atoms with Gasteiger partial charge in [0.1, 0.15) is 11.4 Å². The number of carboxylic acids is 2. The lowest BCUT2D eigenvalue weighted by atomic mass is 10.3. The maximum atomic E-state index is 8.93. The number of carboxylic acid groups (broad SMARTS) is 2. The Labute approximate surface area is 142 Å². The van der Waals surface area contributed by atoms with Gasteiger partial charge in [0, 0.05) is 0 Å². The van der Waals surface area contributed by atoms with Gasteiger partial charge in [-0.05, 0) is 38.1 Å². The molecule has 0 saturated carbocycles. The van der Waals surface area contributed by atoms with Gasteiger partial charge >= 0.3 is 0 Å². The summed E-state index contributed by atoms with van der Waals surface area (Å²) in [6, 6.07) is 20.8. The lowest BCUT2D eigenvalue weighted by Crippen LogP contribution is -2.77. The van der Waals surface area contributed by atoms with Crippen LogP contribution in [0.4, 0.5) is 11.4 Å². The number of quaternary nitrogens is 2. The molecule has 0 radical (unpaired) electrons. The van der Waals surface area contributed by atoms with E-state index in [4.69, 9.17) is 19.8 Å². The number of carbonyl (C=O) groups is 2. The van der Waals surface area contributed by atoms with Crippen molar-refractivity contribution in [2.24, 2.45) is 0 Å². The summed E-state index contributed by atoms with van der Waals surface area (Å²) in [5.74, 6) is -4.37. The Bertz CT molecular complexity index is 521.